The molecule has 1 atom stereocenters. The summed E-state index contributed by atoms with van der Waals surface area (Å²) in [5.41, 5.74) is 1.18. The van der Waals surface area contributed by atoms with E-state index in [2.05, 4.69) is 16.3 Å². The number of amides is 1. The van der Waals surface area contributed by atoms with Crippen LogP contribution in [0.5, 0.6) is 5.75 Å². The third kappa shape index (κ3) is 4.61. The number of nitrogens with zero attached hydrogens (tertiary/aromatic N) is 1. The van der Waals surface area contributed by atoms with Crippen molar-refractivity contribution in [2.24, 2.45) is 5.92 Å². The average molecular weight is 311 g/mol. The molecule has 1 aromatic carbocycles. The molecule has 0 unspecified atom stereocenters. The highest BCUT2D eigenvalue weighted by molar-refractivity contribution is 6.32. The minimum atomic E-state index is 0.131. The molecular formula is C16H23ClN2O2. The van der Waals surface area contributed by atoms with E-state index in [0.29, 0.717) is 24.0 Å². The summed E-state index contributed by atoms with van der Waals surface area (Å²) in [5, 5.41) is 3.36. The fourth-order valence-electron chi connectivity index (χ4n) is 2.76. The predicted molar refractivity (Wildman–Crippen MR) is 84.7 cm³/mol. The molecule has 0 spiro atoms. The first-order chi connectivity index (χ1) is 10.1. The van der Waals surface area contributed by atoms with Crippen LogP contribution in [-0.4, -0.2) is 37.6 Å². The molecule has 0 saturated carbocycles. The van der Waals surface area contributed by atoms with E-state index in [0.717, 1.165) is 31.8 Å². The van der Waals surface area contributed by atoms with E-state index in [9.17, 15) is 4.79 Å². The van der Waals surface area contributed by atoms with Crippen molar-refractivity contribution in [3.63, 3.8) is 0 Å². The summed E-state index contributed by atoms with van der Waals surface area (Å²) in [7, 11) is 1.69. The molecule has 1 aromatic rings. The van der Waals surface area contributed by atoms with Crippen LogP contribution in [0.4, 0.5) is 0 Å². The molecule has 5 heteroatoms. The summed E-state index contributed by atoms with van der Waals surface area (Å²) in [6.07, 6.45) is 1.70. The van der Waals surface area contributed by atoms with E-state index in [4.69, 9.17) is 16.3 Å². The van der Waals surface area contributed by atoms with Crippen LogP contribution in [0, 0.1) is 5.92 Å². The van der Waals surface area contributed by atoms with Gasteiger partial charge in [-0.2, -0.15) is 0 Å². The van der Waals surface area contributed by atoms with E-state index in [1.807, 2.05) is 19.1 Å². The van der Waals surface area contributed by atoms with Gasteiger partial charge in [0.15, 0.2) is 0 Å². The molecule has 1 amide bonds. The molecule has 4 nitrogen and oxygen atoms in total. The highest BCUT2D eigenvalue weighted by Gasteiger charge is 2.24. The minimum Gasteiger partial charge on any atom is -0.492 e. The predicted octanol–water partition coefficient (Wildman–Crippen LogP) is 2.70. The molecule has 1 aliphatic rings. The van der Waals surface area contributed by atoms with Crippen LogP contribution in [0.15, 0.2) is 18.2 Å². The summed E-state index contributed by atoms with van der Waals surface area (Å²) in [6, 6.07) is 5.96. The van der Waals surface area contributed by atoms with Gasteiger partial charge in [0.2, 0.25) is 5.91 Å². The molecular weight excluding hydrogens is 288 g/mol. The smallest absolute Gasteiger partial charge is 0.220 e. The number of carbonyl (C=O) groups is 1. The van der Waals surface area contributed by atoms with Gasteiger partial charge in [-0.1, -0.05) is 17.7 Å². The van der Waals surface area contributed by atoms with Gasteiger partial charge in [0.25, 0.3) is 0 Å². The Kier molecular flexibility index (Phi) is 5.88. The van der Waals surface area contributed by atoms with E-state index < -0.39 is 0 Å². The topological polar surface area (TPSA) is 41.6 Å². The van der Waals surface area contributed by atoms with Crippen LogP contribution in [0.1, 0.15) is 25.3 Å². The Balaban J connectivity index is 1.88. The van der Waals surface area contributed by atoms with Crippen LogP contribution >= 0.6 is 11.6 Å². The molecule has 1 heterocycles. The maximum Gasteiger partial charge on any atom is 0.220 e. The monoisotopic (exact) mass is 310 g/mol. The lowest BCUT2D eigenvalue weighted by Crippen LogP contribution is -2.24. The molecule has 21 heavy (non-hydrogen) atoms. The summed E-state index contributed by atoms with van der Waals surface area (Å²) in [6.45, 7) is 5.44. The zero-order chi connectivity index (χ0) is 15.2. The fraction of sp³-hybridized carbons (Fsp3) is 0.562. The van der Waals surface area contributed by atoms with Crippen molar-refractivity contribution in [2.75, 3.05) is 26.7 Å². The van der Waals surface area contributed by atoms with Gasteiger partial charge < -0.3 is 10.1 Å². The zero-order valence-electron chi connectivity index (χ0n) is 12.7. The molecule has 0 aliphatic carbocycles. The summed E-state index contributed by atoms with van der Waals surface area (Å²) in [5.74, 6) is 1.33. The average Bonchev–Trinajstić information content (AvgIpc) is 2.89. The van der Waals surface area contributed by atoms with Crippen molar-refractivity contribution < 1.29 is 9.53 Å². The molecule has 2 rings (SSSR count). The number of benzene rings is 1. The van der Waals surface area contributed by atoms with Gasteiger partial charge in [-0.3, -0.25) is 9.69 Å². The van der Waals surface area contributed by atoms with E-state index in [1.165, 1.54) is 5.56 Å². The Morgan fingerprint density at radius 1 is 1.52 bits per heavy atom. The number of hydrogen-bond acceptors (Lipinski definition) is 3. The van der Waals surface area contributed by atoms with Crippen LogP contribution in [0.3, 0.4) is 0 Å². The largest absolute Gasteiger partial charge is 0.492 e. The van der Waals surface area contributed by atoms with Crippen molar-refractivity contribution in [1.82, 2.24) is 10.2 Å². The Labute approximate surface area is 131 Å². The van der Waals surface area contributed by atoms with Crippen molar-refractivity contribution in [2.45, 2.75) is 26.3 Å². The first-order valence-corrected chi connectivity index (χ1v) is 7.84. The van der Waals surface area contributed by atoms with Gasteiger partial charge in [0.1, 0.15) is 5.75 Å². The Morgan fingerprint density at radius 2 is 2.33 bits per heavy atom. The van der Waals surface area contributed by atoms with Gasteiger partial charge in [-0.05, 0) is 43.5 Å². The van der Waals surface area contributed by atoms with Crippen molar-refractivity contribution in [1.29, 1.82) is 0 Å². The first-order valence-electron chi connectivity index (χ1n) is 7.46. The first kappa shape index (κ1) is 16.1. The third-order valence-corrected chi connectivity index (χ3v) is 4.12. The molecule has 1 saturated heterocycles. The van der Waals surface area contributed by atoms with Crippen molar-refractivity contribution in [3.05, 3.63) is 28.8 Å². The second-order valence-electron chi connectivity index (χ2n) is 5.46. The normalized spacial score (nSPS) is 18.7. The van der Waals surface area contributed by atoms with Crippen molar-refractivity contribution in [3.8, 4) is 5.75 Å². The fourth-order valence-corrected chi connectivity index (χ4v) is 3.02. The third-order valence-electron chi connectivity index (χ3n) is 3.83. The number of ether oxygens (including phenoxy) is 1. The molecule has 1 N–H and O–H groups in total. The van der Waals surface area contributed by atoms with Crippen LogP contribution in [-0.2, 0) is 11.3 Å². The number of likely N-dealkylation sites (tertiary alicyclic amines) is 1. The van der Waals surface area contributed by atoms with Gasteiger partial charge in [0.05, 0.1) is 11.6 Å². The highest BCUT2D eigenvalue weighted by atomic mass is 35.5. The Morgan fingerprint density at radius 3 is 3.00 bits per heavy atom. The number of rotatable bonds is 6. The van der Waals surface area contributed by atoms with Crippen LogP contribution in [0.2, 0.25) is 5.02 Å². The molecule has 1 aliphatic heterocycles. The summed E-state index contributed by atoms with van der Waals surface area (Å²) in [4.78, 5) is 13.8. The lowest BCUT2D eigenvalue weighted by atomic mass is 10.0. The Bertz CT molecular complexity index is 493. The number of halogens is 1. The maximum atomic E-state index is 11.4. The lowest BCUT2D eigenvalue weighted by molar-refractivity contribution is -0.121. The van der Waals surface area contributed by atoms with Gasteiger partial charge in [-0.25, -0.2) is 0 Å². The SMILES string of the molecule is CCOc1ccc(CN2CC[C@@H](CC(=O)NC)C2)cc1Cl. The Hall–Kier alpha value is -1.26. The number of hydrogen-bond donors (Lipinski definition) is 1. The molecule has 0 aromatic heterocycles. The molecule has 1 fully saturated rings. The van der Waals surface area contributed by atoms with E-state index >= 15 is 0 Å². The molecule has 0 bridgehead atoms. The highest BCUT2D eigenvalue weighted by Crippen LogP contribution is 2.27. The molecule has 116 valence electrons. The van der Waals surface area contributed by atoms with Crippen LogP contribution in [0.25, 0.3) is 0 Å². The van der Waals surface area contributed by atoms with E-state index in [1.54, 1.807) is 7.05 Å². The van der Waals surface area contributed by atoms with Gasteiger partial charge in [-0.15, -0.1) is 0 Å². The zero-order valence-corrected chi connectivity index (χ0v) is 13.4. The lowest BCUT2D eigenvalue weighted by Gasteiger charge is -2.16. The summed E-state index contributed by atoms with van der Waals surface area (Å²) < 4.78 is 5.44. The summed E-state index contributed by atoms with van der Waals surface area (Å²) >= 11 is 6.21. The minimum absolute atomic E-state index is 0.131. The second-order valence-corrected chi connectivity index (χ2v) is 5.87. The van der Waals surface area contributed by atoms with Gasteiger partial charge >= 0.3 is 0 Å². The quantitative estimate of drug-likeness (QED) is 0.878. The van der Waals surface area contributed by atoms with Crippen molar-refractivity contribution >= 4 is 17.5 Å². The second kappa shape index (κ2) is 7.66. The van der Waals surface area contributed by atoms with E-state index in [-0.39, 0.29) is 5.91 Å². The number of nitrogens with one attached hydrogen (secondary N) is 1. The molecule has 0 radical (unpaired) electrons. The number of carbonyl (C=O) groups excluding carboxylic acids is 1. The van der Waals surface area contributed by atoms with Crippen LogP contribution < -0.4 is 10.1 Å². The standard InChI is InChI=1S/C16H23ClN2O2/c1-3-21-15-5-4-12(8-14(15)17)10-19-7-6-13(11-19)9-16(20)18-2/h4-5,8,13H,3,6-7,9-11H2,1-2H3,(H,18,20)/t13-/m0/s1. The van der Waals surface area contributed by atoms with Gasteiger partial charge in [0, 0.05) is 26.6 Å². The maximum absolute atomic E-state index is 11.4.